The summed E-state index contributed by atoms with van der Waals surface area (Å²) in [6.07, 6.45) is 5.69. The zero-order valence-corrected chi connectivity index (χ0v) is 23.8. The van der Waals surface area contributed by atoms with Crippen LogP contribution < -0.4 is 10.2 Å². The molecule has 2 aliphatic heterocycles. The largest absolute Gasteiger partial charge is 0.341 e. The molecule has 0 spiro atoms. The number of urea groups is 1. The number of nitrogens with zero attached hydrogens (tertiary/aromatic N) is 9. The van der Waals surface area contributed by atoms with E-state index in [1.54, 1.807) is 31.0 Å². The molecule has 0 bridgehead atoms. The highest BCUT2D eigenvalue weighted by atomic mass is 19.1. The number of benzene rings is 1. The summed E-state index contributed by atoms with van der Waals surface area (Å²) in [5.41, 5.74) is 2.33. The Labute approximate surface area is 246 Å². The van der Waals surface area contributed by atoms with Crippen LogP contribution in [0.15, 0.2) is 29.5 Å². The molecule has 0 radical (unpaired) electrons. The number of nitrogens with one attached hydrogen (secondary N) is 1. The topological polar surface area (TPSA) is 136 Å². The SMILES string of the molecule is Cc1nn(-c2nc(N3CCN(C(=O)N4N=CCC4c4cc(F)cc(C#N)c4)CC3)ncc2F)c(C)c1NC(=O)CC1CC1. The first kappa shape index (κ1) is 28.2. The molecule has 1 aliphatic carbocycles. The number of hydrogen-bond acceptors (Lipinski definition) is 8. The lowest BCUT2D eigenvalue weighted by molar-refractivity contribution is -0.116. The van der Waals surface area contributed by atoms with E-state index in [9.17, 15) is 23.6 Å². The molecule has 1 saturated carbocycles. The van der Waals surface area contributed by atoms with Gasteiger partial charge >= 0.3 is 6.03 Å². The van der Waals surface area contributed by atoms with Gasteiger partial charge in [0, 0.05) is 45.2 Å². The van der Waals surface area contributed by atoms with Crippen LogP contribution in [0.2, 0.25) is 0 Å². The van der Waals surface area contributed by atoms with Crippen LogP contribution in [0.4, 0.5) is 25.2 Å². The fourth-order valence-corrected chi connectivity index (χ4v) is 5.44. The number of hydrazone groups is 1. The molecule has 6 rings (SSSR count). The molecule has 12 nitrogen and oxygen atoms in total. The van der Waals surface area contributed by atoms with E-state index in [4.69, 9.17) is 0 Å². The van der Waals surface area contributed by atoms with Crippen molar-refractivity contribution in [2.75, 3.05) is 36.4 Å². The molecule has 3 amide bonds. The van der Waals surface area contributed by atoms with E-state index in [-0.39, 0.29) is 29.3 Å². The van der Waals surface area contributed by atoms with E-state index >= 15 is 0 Å². The maximum absolute atomic E-state index is 15.0. The van der Waals surface area contributed by atoms with Crippen molar-refractivity contribution >= 4 is 29.8 Å². The normalized spacial score (nSPS) is 18.2. The first-order valence-electron chi connectivity index (χ1n) is 14.2. The van der Waals surface area contributed by atoms with Gasteiger partial charge in [0.2, 0.25) is 11.9 Å². The molecule has 1 aromatic carbocycles. The lowest BCUT2D eigenvalue weighted by Gasteiger charge is -2.37. The quantitative estimate of drug-likeness (QED) is 0.462. The monoisotopic (exact) mass is 588 g/mol. The van der Waals surface area contributed by atoms with Crippen molar-refractivity contribution in [2.45, 2.75) is 45.6 Å². The Morgan fingerprint density at radius 2 is 1.88 bits per heavy atom. The molecule has 3 aliphatic rings. The van der Waals surface area contributed by atoms with Gasteiger partial charge in [-0.05, 0) is 56.4 Å². The van der Waals surface area contributed by atoms with Gasteiger partial charge in [-0.15, -0.1) is 0 Å². The van der Waals surface area contributed by atoms with Gasteiger partial charge in [0.15, 0.2) is 11.6 Å². The second kappa shape index (κ2) is 11.4. The van der Waals surface area contributed by atoms with Crippen LogP contribution in [0, 0.1) is 42.7 Å². The van der Waals surface area contributed by atoms with Gasteiger partial charge in [0.25, 0.3) is 0 Å². The number of piperazine rings is 1. The molecule has 43 heavy (non-hydrogen) atoms. The lowest BCUT2D eigenvalue weighted by Crippen LogP contribution is -2.52. The van der Waals surface area contributed by atoms with E-state index in [0.717, 1.165) is 25.1 Å². The van der Waals surface area contributed by atoms with Crippen molar-refractivity contribution in [3.63, 3.8) is 0 Å². The molecule has 3 aromatic rings. The third-order valence-corrected chi connectivity index (χ3v) is 7.93. The van der Waals surface area contributed by atoms with Crippen LogP contribution in [-0.2, 0) is 4.79 Å². The Morgan fingerprint density at radius 3 is 2.60 bits per heavy atom. The predicted molar refractivity (Wildman–Crippen MR) is 153 cm³/mol. The summed E-state index contributed by atoms with van der Waals surface area (Å²) < 4.78 is 30.4. The first-order valence-corrected chi connectivity index (χ1v) is 14.2. The highest BCUT2D eigenvalue weighted by molar-refractivity contribution is 5.92. The average Bonchev–Trinajstić information content (AvgIpc) is 3.59. The van der Waals surface area contributed by atoms with Crippen LogP contribution in [0.25, 0.3) is 5.82 Å². The fourth-order valence-electron chi connectivity index (χ4n) is 5.44. The van der Waals surface area contributed by atoms with Crippen molar-refractivity contribution < 1.29 is 18.4 Å². The summed E-state index contributed by atoms with van der Waals surface area (Å²) in [6, 6.07) is 5.13. The molecule has 1 saturated heterocycles. The minimum atomic E-state index is -0.658. The van der Waals surface area contributed by atoms with Gasteiger partial charge in [-0.25, -0.2) is 28.3 Å². The number of aryl methyl sites for hydroxylation is 1. The lowest BCUT2D eigenvalue weighted by atomic mass is 10.0. The van der Waals surface area contributed by atoms with Gasteiger partial charge in [0.05, 0.1) is 40.9 Å². The molecule has 1 N–H and O–H groups in total. The number of halogens is 2. The maximum atomic E-state index is 15.0. The third-order valence-electron chi connectivity index (χ3n) is 7.93. The summed E-state index contributed by atoms with van der Waals surface area (Å²) >= 11 is 0. The number of carbonyl (C=O) groups is 2. The second-order valence-corrected chi connectivity index (χ2v) is 11.0. The van der Waals surface area contributed by atoms with Crippen LogP contribution >= 0.6 is 0 Å². The second-order valence-electron chi connectivity index (χ2n) is 11.0. The summed E-state index contributed by atoms with van der Waals surface area (Å²) in [7, 11) is 0. The molecule has 222 valence electrons. The van der Waals surface area contributed by atoms with Gasteiger partial charge < -0.3 is 15.1 Å². The smallest absolute Gasteiger partial charge is 0.337 e. The minimum Gasteiger partial charge on any atom is -0.337 e. The van der Waals surface area contributed by atoms with Crippen molar-refractivity contribution in [3.05, 3.63) is 58.5 Å². The van der Waals surface area contributed by atoms with Crippen molar-refractivity contribution in [3.8, 4) is 11.9 Å². The number of carbonyl (C=O) groups excluding carboxylic acids is 2. The van der Waals surface area contributed by atoms with E-state index in [1.165, 1.54) is 15.8 Å². The number of hydrogen-bond donors (Lipinski definition) is 1. The van der Waals surface area contributed by atoms with Crippen LogP contribution in [0.3, 0.4) is 0 Å². The van der Waals surface area contributed by atoms with Crippen molar-refractivity contribution in [1.29, 1.82) is 5.26 Å². The summed E-state index contributed by atoms with van der Waals surface area (Å²) in [5, 5.41) is 22.1. The Hall–Kier alpha value is -4.93. The summed E-state index contributed by atoms with van der Waals surface area (Å²) in [4.78, 5) is 38.0. The molecule has 2 aromatic heterocycles. The van der Waals surface area contributed by atoms with Crippen molar-refractivity contribution in [1.82, 2.24) is 29.7 Å². The van der Waals surface area contributed by atoms with E-state index in [2.05, 4.69) is 25.5 Å². The number of nitriles is 1. The van der Waals surface area contributed by atoms with Gasteiger partial charge in [-0.1, -0.05) is 0 Å². The number of rotatable bonds is 6. The molecule has 14 heteroatoms. The Balaban J connectivity index is 1.14. The molecule has 2 fully saturated rings. The van der Waals surface area contributed by atoms with Gasteiger partial charge in [-0.2, -0.15) is 20.4 Å². The molecular weight excluding hydrogens is 558 g/mol. The average molecular weight is 589 g/mol. The first-order chi connectivity index (χ1) is 20.7. The van der Waals surface area contributed by atoms with E-state index < -0.39 is 17.7 Å². The maximum Gasteiger partial charge on any atom is 0.341 e. The fraction of sp³-hybridized carbons (Fsp3) is 0.414. The van der Waals surface area contributed by atoms with E-state index in [1.807, 2.05) is 11.0 Å². The Kier molecular flexibility index (Phi) is 7.47. The van der Waals surface area contributed by atoms with Crippen molar-refractivity contribution in [2.24, 2.45) is 11.0 Å². The highest BCUT2D eigenvalue weighted by Crippen LogP contribution is 2.33. The standard InChI is InChI=1S/C29H30F2N10O2/c1-17-26(35-25(42)13-19-3-4-19)18(2)40(37-17)27-23(31)16-33-28(36-27)38-7-9-39(10-8-38)29(43)41-24(5-6-34-41)21-11-20(15-32)12-22(30)14-21/h6,11-12,14,16,19,24H,3-5,7-10,13H2,1-2H3,(H,35,42). The molecule has 1 unspecified atom stereocenters. The predicted octanol–water partition coefficient (Wildman–Crippen LogP) is 3.84. The zero-order valence-electron chi connectivity index (χ0n) is 23.8. The number of amides is 3. The summed E-state index contributed by atoms with van der Waals surface area (Å²) in [5.74, 6) is -0.601. The van der Waals surface area contributed by atoms with Gasteiger partial charge in [0.1, 0.15) is 5.82 Å². The Bertz CT molecular complexity index is 1650. The number of aromatic nitrogens is 4. The van der Waals surface area contributed by atoms with Gasteiger partial charge in [-0.3, -0.25) is 4.79 Å². The Morgan fingerprint density at radius 1 is 1.12 bits per heavy atom. The molecule has 1 atom stereocenters. The molecular formula is C29H30F2N10O2. The molecule has 4 heterocycles. The van der Waals surface area contributed by atoms with Crippen LogP contribution in [0.5, 0.6) is 0 Å². The highest BCUT2D eigenvalue weighted by Gasteiger charge is 2.34. The third kappa shape index (κ3) is 5.75. The van der Waals surface area contributed by atoms with Crippen LogP contribution in [-0.4, -0.2) is 74.0 Å². The summed E-state index contributed by atoms with van der Waals surface area (Å²) in [6.45, 7) is 4.93. The number of anilines is 2. The van der Waals surface area contributed by atoms with E-state index in [0.29, 0.717) is 67.6 Å². The minimum absolute atomic E-state index is 0.0344. The van der Waals surface area contributed by atoms with Crippen LogP contribution in [0.1, 0.15) is 54.2 Å². The zero-order chi connectivity index (χ0) is 30.2.